The lowest BCUT2D eigenvalue weighted by molar-refractivity contribution is -0.137. The molecule has 1 atom stereocenters. The van der Waals surface area contributed by atoms with Crippen molar-refractivity contribution in [1.82, 2.24) is 0 Å². The topological polar surface area (TPSA) is 72.8 Å². The van der Waals surface area contributed by atoms with Gasteiger partial charge in [0.1, 0.15) is 5.31 Å². The summed E-state index contributed by atoms with van der Waals surface area (Å²) in [7, 11) is -4.00. The van der Waals surface area contributed by atoms with Gasteiger partial charge >= 0.3 is 13.6 Å². The molecule has 0 rings (SSSR count). The summed E-state index contributed by atoms with van der Waals surface area (Å²) in [6.45, 7) is 4.89. The largest absolute Gasteiger partial charge is 0.462 e. The molecule has 0 heterocycles. The monoisotopic (exact) mass is 222 g/mol. The van der Waals surface area contributed by atoms with E-state index in [1.165, 1.54) is 13.0 Å². The van der Waals surface area contributed by atoms with E-state index in [2.05, 4.69) is 9.26 Å². The zero-order valence-corrected chi connectivity index (χ0v) is 9.41. The Labute approximate surface area is 83.3 Å². The standard InChI is InChI=1S/C8H15O5P/c1-4-7(8(9)12-5-2)14(10,11)13-6-3/h4H,5-6H2,1-3H3,(H,10,11). The van der Waals surface area contributed by atoms with Crippen LogP contribution in [-0.2, 0) is 18.6 Å². The van der Waals surface area contributed by atoms with Crippen molar-refractivity contribution in [2.45, 2.75) is 20.8 Å². The minimum atomic E-state index is -4.00. The van der Waals surface area contributed by atoms with Gasteiger partial charge in [0.25, 0.3) is 0 Å². The van der Waals surface area contributed by atoms with Crippen molar-refractivity contribution in [3.63, 3.8) is 0 Å². The number of carbonyl (C=O) groups excluding carboxylic acids is 1. The molecule has 1 N–H and O–H groups in total. The highest BCUT2D eigenvalue weighted by molar-refractivity contribution is 7.58. The van der Waals surface area contributed by atoms with Crippen LogP contribution in [0, 0.1) is 0 Å². The maximum atomic E-state index is 11.4. The van der Waals surface area contributed by atoms with E-state index in [9.17, 15) is 14.3 Å². The third-order valence-electron chi connectivity index (χ3n) is 1.37. The Morgan fingerprint density at radius 1 is 1.43 bits per heavy atom. The predicted octanol–water partition coefficient (Wildman–Crippen LogP) is 1.68. The SMILES string of the molecule is CC=C(C(=O)OCC)P(=O)(O)OCC. The number of hydrogen-bond donors (Lipinski definition) is 1. The summed E-state index contributed by atoms with van der Waals surface area (Å²) in [5, 5.41) is -0.318. The Kier molecular flexibility index (Phi) is 5.69. The molecule has 14 heavy (non-hydrogen) atoms. The molecule has 0 radical (unpaired) electrons. The van der Waals surface area contributed by atoms with Gasteiger partial charge in [-0.25, -0.2) is 4.79 Å². The van der Waals surface area contributed by atoms with E-state index in [0.29, 0.717) is 0 Å². The molecule has 0 aromatic heterocycles. The van der Waals surface area contributed by atoms with Gasteiger partial charge in [0.15, 0.2) is 0 Å². The number of hydrogen-bond acceptors (Lipinski definition) is 4. The number of allylic oxidation sites excluding steroid dienone is 1. The van der Waals surface area contributed by atoms with Crippen LogP contribution in [0.25, 0.3) is 0 Å². The lowest BCUT2D eigenvalue weighted by Gasteiger charge is -2.12. The van der Waals surface area contributed by atoms with Crippen molar-refractivity contribution in [3.8, 4) is 0 Å². The van der Waals surface area contributed by atoms with Crippen molar-refractivity contribution in [2.24, 2.45) is 0 Å². The van der Waals surface area contributed by atoms with Gasteiger partial charge in [-0.1, -0.05) is 6.08 Å². The summed E-state index contributed by atoms with van der Waals surface area (Å²) in [6, 6.07) is 0. The second-order valence-corrected chi connectivity index (χ2v) is 4.11. The molecule has 6 heteroatoms. The molecular weight excluding hydrogens is 207 g/mol. The van der Waals surface area contributed by atoms with Crippen LogP contribution in [0.15, 0.2) is 11.4 Å². The molecule has 0 saturated heterocycles. The third kappa shape index (κ3) is 3.62. The maximum absolute atomic E-state index is 11.4. The average molecular weight is 222 g/mol. The van der Waals surface area contributed by atoms with E-state index in [0.717, 1.165) is 0 Å². The molecule has 0 amide bonds. The smallest absolute Gasteiger partial charge is 0.365 e. The fourth-order valence-corrected chi connectivity index (χ4v) is 1.96. The Morgan fingerprint density at radius 3 is 2.36 bits per heavy atom. The van der Waals surface area contributed by atoms with Gasteiger partial charge in [0.2, 0.25) is 0 Å². The summed E-state index contributed by atoms with van der Waals surface area (Å²) in [4.78, 5) is 20.5. The van der Waals surface area contributed by atoms with Crippen LogP contribution in [0.2, 0.25) is 0 Å². The Balaban J connectivity index is 4.74. The molecule has 0 aromatic rings. The second-order valence-electron chi connectivity index (χ2n) is 2.33. The van der Waals surface area contributed by atoms with Gasteiger partial charge in [-0.3, -0.25) is 4.57 Å². The van der Waals surface area contributed by atoms with Crippen molar-refractivity contribution >= 4 is 13.6 Å². The van der Waals surface area contributed by atoms with E-state index in [1.54, 1.807) is 13.8 Å². The van der Waals surface area contributed by atoms with Gasteiger partial charge in [0.05, 0.1) is 13.2 Å². The van der Waals surface area contributed by atoms with Crippen LogP contribution in [0.4, 0.5) is 0 Å². The highest BCUT2D eigenvalue weighted by Crippen LogP contribution is 2.50. The van der Waals surface area contributed by atoms with Gasteiger partial charge in [-0.05, 0) is 20.8 Å². The van der Waals surface area contributed by atoms with Gasteiger partial charge < -0.3 is 14.2 Å². The molecule has 0 fully saturated rings. The molecule has 0 aliphatic heterocycles. The summed E-state index contributed by atoms with van der Waals surface area (Å²) in [5.41, 5.74) is 0. The molecule has 0 saturated carbocycles. The fourth-order valence-electron chi connectivity index (χ4n) is 0.846. The average Bonchev–Trinajstić information content (AvgIpc) is 2.04. The van der Waals surface area contributed by atoms with E-state index in [4.69, 9.17) is 0 Å². The first-order valence-corrected chi connectivity index (χ1v) is 5.88. The molecule has 0 bridgehead atoms. The Bertz CT molecular complexity index is 271. The molecular formula is C8H15O5P. The van der Waals surface area contributed by atoms with Crippen molar-refractivity contribution < 1.29 is 23.5 Å². The molecule has 0 aliphatic rings. The second kappa shape index (κ2) is 5.96. The van der Waals surface area contributed by atoms with Crippen molar-refractivity contribution in [3.05, 3.63) is 11.4 Å². The van der Waals surface area contributed by atoms with E-state index in [-0.39, 0.29) is 18.5 Å². The molecule has 0 spiro atoms. The van der Waals surface area contributed by atoms with Crippen molar-refractivity contribution in [2.75, 3.05) is 13.2 Å². The predicted molar refractivity (Wildman–Crippen MR) is 51.8 cm³/mol. The van der Waals surface area contributed by atoms with E-state index in [1.807, 2.05) is 0 Å². The summed E-state index contributed by atoms with van der Waals surface area (Å²) >= 11 is 0. The summed E-state index contributed by atoms with van der Waals surface area (Å²) in [5.74, 6) is -0.811. The number of ether oxygens (including phenoxy) is 1. The van der Waals surface area contributed by atoms with Crippen LogP contribution in [-0.4, -0.2) is 24.1 Å². The van der Waals surface area contributed by atoms with Crippen LogP contribution < -0.4 is 0 Å². The number of esters is 1. The minimum Gasteiger partial charge on any atom is -0.462 e. The summed E-state index contributed by atoms with van der Waals surface area (Å²) < 4.78 is 20.6. The first kappa shape index (κ1) is 13.4. The zero-order valence-electron chi connectivity index (χ0n) is 8.52. The lowest BCUT2D eigenvalue weighted by Crippen LogP contribution is -2.09. The molecule has 0 aromatic carbocycles. The third-order valence-corrected chi connectivity index (χ3v) is 3.02. The highest BCUT2D eigenvalue weighted by atomic mass is 31.2. The minimum absolute atomic E-state index is 0.0600. The van der Waals surface area contributed by atoms with Crippen LogP contribution >= 0.6 is 7.60 Å². The zero-order chi connectivity index (χ0) is 11.2. The van der Waals surface area contributed by atoms with E-state index >= 15 is 0 Å². The normalized spacial score (nSPS) is 16.1. The van der Waals surface area contributed by atoms with Gasteiger partial charge in [-0.15, -0.1) is 0 Å². The Hall–Kier alpha value is -0.640. The Morgan fingerprint density at radius 2 is 2.00 bits per heavy atom. The molecule has 5 nitrogen and oxygen atoms in total. The van der Waals surface area contributed by atoms with Crippen molar-refractivity contribution in [1.29, 1.82) is 0 Å². The maximum Gasteiger partial charge on any atom is 0.365 e. The molecule has 0 aliphatic carbocycles. The van der Waals surface area contributed by atoms with Crippen LogP contribution in [0.1, 0.15) is 20.8 Å². The summed E-state index contributed by atoms with van der Waals surface area (Å²) in [6.07, 6.45) is 1.23. The van der Waals surface area contributed by atoms with Crippen LogP contribution in [0.3, 0.4) is 0 Å². The lowest BCUT2D eigenvalue weighted by atomic mass is 10.5. The number of carbonyl (C=O) groups is 1. The molecule has 1 unspecified atom stereocenters. The first-order chi connectivity index (χ1) is 6.49. The quantitative estimate of drug-likeness (QED) is 0.435. The van der Waals surface area contributed by atoms with Gasteiger partial charge in [-0.2, -0.15) is 0 Å². The first-order valence-electron chi connectivity index (χ1n) is 4.30. The van der Waals surface area contributed by atoms with Crippen LogP contribution in [0.5, 0.6) is 0 Å². The fraction of sp³-hybridized carbons (Fsp3) is 0.625. The van der Waals surface area contributed by atoms with Gasteiger partial charge in [0, 0.05) is 0 Å². The highest BCUT2D eigenvalue weighted by Gasteiger charge is 2.31. The van der Waals surface area contributed by atoms with E-state index < -0.39 is 13.6 Å². The number of rotatable bonds is 5. The molecule has 82 valence electrons.